The third kappa shape index (κ3) is 4.64. The molecule has 0 fully saturated rings. The van der Waals surface area contributed by atoms with E-state index in [4.69, 9.17) is 4.74 Å². The second-order valence-corrected chi connectivity index (χ2v) is 5.72. The molecule has 0 heterocycles. The second kappa shape index (κ2) is 6.50. The van der Waals surface area contributed by atoms with Crippen LogP contribution in [0.5, 0.6) is 0 Å². The fraction of sp³-hybridized carbons (Fsp3) is 0.467. The Morgan fingerprint density at radius 2 is 1.90 bits per heavy atom. The number of benzene rings is 1. The van der Waals surface area contributed by atoms with Gasteiger partial charge in [0.1, 0.15) is 12.4 Å². The molecule has 0 bridgehead atoms. The average Bonchev–Trinajstić information content (AvgIpc) is 2.33. The maximum absolute atomic E-state index is 13.4. The normalized spacial score (nSPS) is 12.7. The Hall–Kier alpha value is -1.91. The summed E-state index contributed by atoms with van der Waals surface area (Å²) in [6.07, 6.45) is -0.733. The van der Waals surface area contributed by atoms with Crippen molar-refractivity contribution >= 4 is 11.9 Å². The quantitative estimate of drug-likeness (QED) is 0.922. The molecule has 1 unspecified atom stereocenters. The average molecular weight is 281 g/mol. The molecule has 1 aromatic rings. The molecular formula is C15H20FNO3. The fourth-order valence-corrected chi connectivity index (χ4v) is 1.85. The van der Waals surface area contributed by atoms with Gasteiger partial charge >= 0.3 is 6.09 Å². The number of carbonyl (C=O) groups excluding carboxylic acids is 2. The Balaban J connectivity index is 2.60. The second-order valence-electron chi connectivity index (χ2n) is 5.72. The van der Waals surface area contributed by atoms with Crippen molar-refractivity contribution < 1.29 is 18.7 Å². The first-order valence-corrected chi connectivity index (χ1v) is 6.39. The van der Waals surface area contributed by atoms with Crippen LogP contribution in [-0.4, -0.2) is 17.9 Å². The Bertz CT molecular complexity index is 494. The monoisotopic (exact) mass is 281 g/mol. The number of hydrogen-bond acceptors (Lipinski definition) is 3. The van der Waals surface area contributed by atoms with Crippen molar-refractivity contribution in [3.63, 3.8) is 0 Å². The molecule has 0 aliphatic carbocycles. The number of nitrogens with one attached hydrogen (secondary N) is 1. The van der Waals surface area contributed by atoms with E-state index in [0.717, 1.165) is 0 Å². The van der Waals surface area contributed by atoms with Gasteiger partial charge in [-0.2, -0.15) is 0 Å². The van der Waals surface area contributed by atoms with Crippen LogP contribution >= 0.6 is 0 Å². The van der Waals surface area contributed by atoms with Crippen LogP contribution in [0, 0.1) is 11.2 Å². The molecule has 0 spiro atoms. The van der Waals surface area contributed by atoms with Gasteiger partial charge in [-0.15, -0.1) is 0 Å². The zero-order valence-electron chi connectivity index (χ0n) is 12.2. The van der Waals surface area contributed by atoms with Gasteiger partial charge in [0, 0.05) is 5.56 Å². The summed E-state index contributed by atoms with van der Waals surface area (Å²) in [4.78, 5) is 23.2. The van der Waals surface area contributed by atoms with Crippen LogP contribution < -0.4 is 5.32 Å². The van der Waals surface area contributed by atoms with E-state index < -0.39 is 23.4 Å². The highest BCUT2D eigenvalue weighted by atomic mass is 19.1. The molecule has 1 N–H and O–H groups in total. The largest absolute Gasteiger partial charge is 0.445 e. The van der Waals surface area contributed by atoms with Gasteiger partial charge < -0.3 is 10.1 Å². The molecular weight excluding hydrogens is 261 g/mol. The summed E-state index contributed by atoms with van der Waals surface area (Å²) < 4.78 is 18.3. The van der Waals surface area contributed by atoms with E-state index in [2.05, 4.69) is 5.32 Å². The van der Waals surface area contributed by atoms with Crippen LogP contribution in [0.15, 0.2) is 24.3 Å². The predicted octanol–water partition coefficient (Wildman–Crippen LogP) is 3.06. The zero-order valence-corrected chi connectivity index (χ0v) is 12.2. The van der Waals surface area contributed by atoms with Crippen molar-refractivity contribution in [3.05, 3.63) is 35.6 Å². The van der Waals surface area contributed by atoms with Crippen molar-refractivity contribution in [2.45, 2.75) is 40.3 Å². The summed E-state index contributed by atoms with van der Waals surface area (Å²) in [5.74, 6) is -0.584. The summed E-state index contributed by atoms with van der Waals surface area (Å²) >= 11 is 0. The fourth-order valence-electron chi connectivity index (χ4n) is 1.85. The molecule has 0 radical (unpaired) electrons. The maximum Gasteiger partial charge on any atom is 0.408 e. The summed E-state index contributed by atoms with van der Waals surface area (Å²) in [7, 11) is 0. The first kappa shape index (κ1) is 16.1. The molecule has 4 nitrogen and oxygen atoms in total. The van der Waals surface area contributed by atoms with Crippen molar-refractivity contribution in [1.82, 2.24) is 5.32 Å². The van der Waals surface area contributed by atoms with E-state index in [-0.39, 0.29) is 18.0 Å². The highest BCUT2D eigenvalue weighted by Gasteiger charge is 2.30. The zero-order chi connectivity index (χ0) is 15.3. The van der Waals surface area contributed by atoms with Gasteiger partial charge in [-0.05, 0) is 18.4 Å². The number of ether oxygens (including phenoxy) is 1. The van der Waals surface area contributed by atoms with Crippen LogP contribution in [-0.2, 0) is 16.1 Å². The number of halogens is 1. The molecule has 0 saturated heterocycles. The third-order valence-electron chi connectivity index (χ3n) is 2.85. The smallest absolute Gasteiger partial charge is 0.408 e. The van der Waals surface area contributed by atoms with E-state index in [1.54, 1.807) is 12.1 Å². The summed E-state index contributed by atoms with van der Waals surface area (Å²) in [5, 5.41) is 2.51. The first-order valence-electron chi connectivity index (χ1n) is 6.39. The summed E-state index contributed by atoms with van der Waals surface area (Å²) in [6.45, 7) is 6.77. The lowest BCUT2D eigenvalue weighted by Gasteiger charge is -2.28. The first-order chi connectivity index (χ1) is 9.21. The van der Waals surface area contributed by atoms with E-state index >= 15 is 0 Å². The van der Waals surface area contributed by atoms with Gasteiger partial charge in [-0.3, -0.25) is 4.79 Å². The van der Waals surface area contributed by atoms with E-state index in [9.17, 15) is 14.0 Å². The molecule has 5 heteroatoms. The number of alkyl carbamates (subject to hydrolysis) is 1. The van der Waals surface area contributed by atoms with Gasteiger partial charge in [0.2, 0.25) is 0 Å². The molecule has 1 amide bonds. The number of Topliss-reactive ketones (excluding diaryl/α,β-unsaturated/α-hetero) is 1. The van der Waals surface area contributed by atoms with Crippen LogP contribution in [0.4, 0.5) is 9.18 Å². The van der Waals surface area contributed by atoms with Gasteiger partial charge in [0.15, 0.2) is 5.78 Å². The minimum Gasteiger partial charge on any atom is -0.445 e. The van der Waals surface area contributed by atoms with E-state index in [0.29, 0.717) is 0 Å². The lowest BCUT2D eigenvalue weighted by atomic mass is 9.85. The highest BCUT2D eigenvalue weighted by molar-refractivity contribution is 5.86. The maximum atomic E-state index is 13.4. The Morgan fingerprint density at radius 3 is 2.40 bits per heavy atom. The summed E-state index contributed by atoms with van der Waals surface area (Å²) in [6, 6.07) is 5.41. The molecule has 1 atom stereocenters. The molecule has 0 aliphatic rings. The molecule has 0 saturated carbocycles. The molecule has 1 aromatic carbocycles. The number of rotatable bonds is 4. The van der Waals surface area contributed by atoms with Gasteiger partial charge in [0.25, 0.3) is 0 Å². The Kier molecular flexibility index (Phi) is 5.25. The lowest BCUT2D eigenvalue weighted by molar-refractivity contribution is -0.121. The minimum atomic E-state index is -0.733. The lowest BCUT2D eigenvalue weighted by Crippen LogP contribution is -2.48. The molecule has 1 rings (SSSR count). The van der Waals surface area contributed by atoms with Gasteiger partial charge in [-0.25, -0.2) is 9.18 Å². The summed E-state index contributed by atoms with van der Waals surface area (Å²) in [5.41, 5.74) is -0.124. The molecule has 0 aliphatic heterocycles. The van der Waals surface area contributed by atoms with Crippen LogP contribution in [0.3, 0.4) is 0 Å². The predicted molar refractivity (Wildman–Crippen MR) is 73.6 cm³/mol. The van der Waals surface area contributed by atoms with E-state index in [1.807, 2.05) is 20.8 Å². The molecule has 20 heavy (non-hydrogen) atoms. The molecule has 110 valence electrons. The van der Waals surface area contributed by atoms with Gasteiger partial charge in [-0.1, -0.05) is 39.0 Å². The Morgan fingerprint density at radius 1 is 1.30 bits per heavy atom. The van der Waals surface area contributed by atoms with Crippen molar-refractivity contribution in [3.8, 4) is 0 Å². The highest BCUT2D eigenvalue weighted by Crippen LogP contribution is 2.20. The van der Waals surface area contributed by atoms with Crippen LogP contribution in [0.1, 0.15) is 33.3 Å². The number of hydrogen-bond donors (Lipinski definition) is 1. The third-order valence-corrected chi connectivity index (χ3v) is 2.85. The number of ketones is 1. The number of carbonyl (C=O) groups is 2. The van der Waals surface area contributed by atoms with Crippen molar-refractivity contribution in [2.24, 2.45) is 5.41 Å². The standard InChI is InChI=1S/C15H20FNO3/c1-10(18)13(15(2,3)4)17-14(19)20-9-11-7-5-6-8-12(11)16/h5-8,13H,9H2,1-4H3,(H,17,19). The van der Waals surface area contributed by atoms with Gasteiger partial charge in [0.05, 0.1) is 6.04 Å². The number of amides is 1. The SMILES string of the molecule is CC(=O)C(NC(=O)OCc1ccccc1F)C(C)(C)C. The van der Waals surface area contributed by atoms with Crippen LogP contribution in [0.2, 0.25) is 0 Å². The minimum absolute atomic E-state index is 0.152. The van der Waals surface area contributed by atoms with Crippen molar-refractivity contribution in [2.75, 3.05) is 0 Å². The topological polar surface area (TPSA) is 55.4 Å². The van der Waals surface area contributed by atoms with E-state index in [1.165, 1.54) is 19.1 Å². The van der Waals surface area contributed by atoms with Crippen LogP contribution in [0.25, 0.3) is 0 Å². The Labute approximate surface area is 118 Å². The molecule has 0 aromatic heterocycles. The van der Waals surface area contributed by atoms with Crippen molar-refractivity contribution in [1.29, 1.82) is 0 Å².